The van der Waals surface area contributed by atoms with Crippen LogP contribution in [-0.2, 0) is 25.3 Å². The van der Waals surface area contributed by atoms with Gasteiger partial charge in [-0.1, -0.05) is 12.8 Å². The van der Waals surface area contributed by atoms with Gasteiger partial charge >= 0.3 is 6.18 Å². The van der Waals surface area contributed by atoms with Crippen molar-refractivity contribution in [3.8, 4) is 6.07 Å². The summed E-state index contributed by atoms with van der Waals surface area (Å²) in [5.41, 5.74) is -2.75. The van der Waals surface area contributed by atoms with Gasteiger partial charge in [-0.3, -0.25) is 13.9 Å². The van der Waals surface area contributed by atoms with Crippen molar-refractivity contribution in [2.24, 2.45) is 0 Å². The molecule has 7 nitrogen and oxygen atoms in total. The Hall–Kier alpha value is -2.23. The summed E-state index contributed by atoms with van der Waals surface area (Å²) in [5.74, 6) is -0.457. The van der Waals surface area contributed by atoms with Crippen molar-refractivity contribution in [2.45, 2.75) is 51.2 Å². The minimum absolute atomic E-state index is 0.0418. The fourth-order valence-electron chi connectivity index (χ4n) is 3.38. The predicted molar refractivity (Wildman–Crippen MR) is 116 cm³/mol. The third kappa shape index (κ3) is 5.96. The van der Waals surface area contributed by atoms with E-state index in [-0.39, 0.29) is 17.4 Å². The maximum Gasteiger partial charge on any atom is 0.417 e. The van der Waals surface area contributed by atoms with Crippen LogP contribution in [0.25, 0.3) is 0 Å². The van der Waals surface area contributed by atoms with Crippen molar-refractivity contribution >= 4 is 39.0 Å². The summed E-state index contributed by atoms with van der Waals surface area (Å²) < 4.78 is 66.6. The van der Waals surface area contributed by atoms with Crippen LogP contribution in [-0.4, -0.2) is 49.3 Å². The number of unbranched alkanes of at least 4 members (excludes halogenated alkanes) is 3. The van der Waals surface area contributed by atoms with Crippen LogP contribution in [0, 0.1) is 11.3 Å². The van der Waals surface area contributed by atoms with E-state index >= 15 is 0 Å². The quantitative estimate of drug-likeness (QED) is 0.295. The Morgan fingerprint density at radius 2 is 1.81 bits per heavy atom. The van der Waals surface area contributed by atoms with E-state index in [1.54, 1.807) is 18.7 Å². The Bertz CT molecular complexity index is 1030. The second-order valence-corrected chi connectivity index (χ2v) is 9.92. The van der Waals surface area contributed by atoms with E-state index in [0.29, 0.717) is 25.8 Å². The van der Waals surface area contributed by atoms with Crippen LogP contribution in [0.15, 0.2) is 18.2 Å². The number of rotatable bonds is 9. The van der Waals surface area contributed by atoms with Crippen LogP contribution >= 0.6 is 12.2 Å². The van der Waals surface area contributed by atoms with Gasteiger partial charge in [-0.05, 0) is 57.1 Å². The first-order chi connectivity index (χ1) is 14.7. The number of carbonyl (C=O) groups excluding carboxylic acids is 1. The largest absolute Gasteiger partial charge is 0.417 e. The molecular weight excluding hydrogens is 467 g/mol. The Labute approximate surface area is 190 Å². The molecule has 2 rings (SSSR count). The normalized spacial score (nSPS) is 16.5. The highest BCUT2D eigenvalue weighted by Gasteiger charge is 2.49. The van der Waals surface area contributed by atoms with Gasteiger partial charge in [0.1, 0.15) is 5.54 Å². The topological polar surface area (TPSA) is 90.7 Å². The summed E-state index contributed by atoms with van der Waals surface area (Å²) in [6, 6.07) is 4.59. The first kappa shape index (κ1) is 26.0. The van der Waals surface area contributed by atoms with Gasteiger partial charge in [0.15, 0.2) is 5.11 Å². The maximum absolute atomic E-state index is 13.3. The second-order valence-electron chi connectivity index (χ2n) is 7.91. The zero-order valence-corrected chi connectivity index (χ0v) is 19.5. The van der Waals surface area contributed by atoms with Crippen molar-refractivity contribution in [1.29, 1.82) is 5.26 Å². The Balaban J connectivity index is 2.10. The minimum Gasteiger partial charge on any atom is -0.334 e. The number of anilines is 1. The lowest BCUT2D eigenvalue weighted by Gasteiger charge is -2.29. The molecule has 1 fully saturated rings. The van der Waals surface area contributed by atoms with E-state index in [2.05, 4.69) is 4.18 Å². The van der Waals surface area contributed by atoms with Crippen molar-refractivity contribution in [3.05, 3.63) is 29.3 Å². The Morgan fingerprint density at radius 3 is 2.38 bits per heavy atom. The molecule has 0 aromatic heterocycles. The monoisotopic (exact) mass is 491 g/mol. The van der Waals surface area contributed by atoms with Crippen molar-refractivity contribution in [2.75, 3.05) is 24.3 Å². The van der Waals surface area contributed by atoms with Gasteiger partial charge < -0.3 is 4.90 Å². The van der Waals surface area contributed by atoms with Gasteiger partial charge in [0.2, 0.25) is 0 Å². The van der Waals surface area contributed by atoms with Crippen LogP contribution < -0.4 is 4.90 Å². The van der Waals surface area contributed by atoms with Crippen molar-refractivity contribution < 1.29 is 30.6 Å². The zero-order chi connectivity index (χ0) is 24.3. The highest BCUT2D eigenvalue weighted by atomic mass is 32.2. The average Bonchev–Trinajstić information content (AvgIpc) is 2.84. The molecule has 0 spiro atoms. The van der Waals surface area contributed by atoms with Gasteiger partial charge in [-0.25, -0.2) is 0 Å². The molecule has 0 unspecified atom stereocenters. The average molecular weight is 492 g/mol. The SMILES string of the molecule is CC1(C)C(=O)N(c2ccc(C#N)c(C(F)(F)F)c2)C(=S)N1CCCCCCOS(C)(=O)=O. The molecule has 0 bridgehead atoms. The van der Waals surface area contributed by atoms with E-state index in [4.69, 9.17) is 17.5 Å². The van der Waals surface area contributed by atoms with E-state index in [1.807, 2.05) is 0 Å². The number of carbonyl (C=O) groups is 1. The van der Waals surface area contributed by atoms with Crippen LogP contribution in [0.1, 0.15) is 50.7 Å². The first-order valence-electron chi connectivity index (χ1n) is 9.82. The zero-order valence-electron chi connectivity index (χ0n) is 17.9. The molecule has 1 saturated heterocycles. The smallest absolute Gasteiger partial charge is 0.334 e. The van der Waals surface area contributed by atoms with Crippen LogP contribution in [0.5, 0.6) is 0 Å². The maximum atomic E-state index is 13.3. The van der Waals surface area contributed by atoms with Crippen LogP contribution in [0.3, 0.4) is 0 Å². The van der Waals surface area contributed by atoms with E-state index < -0.39 is 38.9 Å². The Kier molecular flexibility index (Phi) is 7.91. The fourth-order valence-corrected chi connectivity index (χ4v) is 4.31. The number of halogens is 3. The lowest BCUT2D eigenvalue weighted by atomic mass is 10.0. The molecule has 1 aliphatic rings. The van der Waals surface area contributed by atoms with Gasteiger partial charge in [0, 0.05) is 6.54 Å². The van der Waals surface area contributed by atoms with Crippen molar-refractivity contribution in [1.82, 2.24) is 4.90 Å². The molecule has 0 radical (unpaired) electrons. The minimum atomic E-state index is -4.75. The van der Waals surface area contributed by atoms with E-state index in [9.17, 15) is 26.4 Å². The highest BCUT2D eigenvalue weighted by Crippen LogP contribution is 2.37. The summed E-state index contributed by atoms with van der Waals surface area (Å²) in [6.45, 7) is 3.80. The number of alkyl halides is 3. The first-order valence-corrected chi connectivity index (χ1v) is 12.0. The van der Waals surface area contributed by atoms with Gasteiger partial charge in [0.05, 0.1) is 35.7 Å². The summed E-state index contributed by atoms with van der Waals surface area (Å²) in [6.07, 6.45) is -1.13. The molecule has 1 aromatic carbocycles. The number of hydrogen-bond donors (Lipinski definition) is 0. The standard InChI is InChI=1S/C20H24F3N3O4S2/c1-19(2)17(27)26(15-9-8-14(13-24)16(12-15)20(21,22)23)18(31)25(19)10-6-4-5-7-11-30-32(3,28)29/h8-9,12H,4-7,10-11H2,1-3H3. The van der Waals surface area contributed by atoms with E-state index in [0.717, 1.165) is 29.7 Å². The van der Waals surface area contributed by atoms with E-state index in [1.165, 1.54) is 12.1 Å². The second kappa shape index (κ2) is 9.72. The summed E-state index contributed by atoms with van der Waals surface area (Å²) in [7, 11) is -3.46. The molecule has 1 aromatic rings. The molecule has 0 aliphatic carbocycles. The third-order valence-electron chi connectivity index (χ3n) is 5.08. The Morgan fingerprint density at radius 1 is 1.19 bits per heavy atom. The van der Waals surface area contributed by atoms with Crippen LogP contribution in [0.2, 0.25) is 0 Å². The number of nitriles is 1. The lowest BCUT2D eigenvalue weighted by molar-refractivity contribution is -0.137. The molecule has 1 amide bonds. The van der Waals surface area contributed by atoms with Gasteiger partial charge in [0.25, 0.3) is 16.0 Å². The molecule has 32 heavy (non-hydrogen) atoms. The summed E-state index contributed by atoms with van der Waals surface area (Å²) in [5, 5.41) is 9.07. The molecule has 1 heterocycles. The highest BCUT2D eigenvalue weighted by molar-refractivity contribution is 7.86. The fraction of sp³-hybridized carbons (Fsp3) is 0.550. The van der Waals surface area contributed by atoms with Crippen LogP contribution in [0.4, 0.5) is 18.9 Å². The molecule has 0 N–H and O–H groups in total. The summed E-state index contributed by atoms with van der Waals surface area (Å²) in [4.78, 5) is 15.8. The molecule has 0 atom stereocenters. The third-order valence-corrected chi connectivity index (χ3v) is 6.08. The van der Waals surface area contributed by atoms with Gasteiger partial charge in [-0.15, -0.1) is 0 Å². The number of thiocarbonyl (C=S) groups is 1. The summed E-state index contributed by atoms with van der Waals surface area (Å²) >= 11 is 5.43. The predicted octanol–water partition coefficient (Wildman–Crippen LogP) is 3.83. The number of amides is 1. The number of hydrogen-bond acceptors (Lipinski definition) is 6. The molecule has 12 heteroatoms. The molecule has 0 saturated carbocycles. The van der Waals surface area contributed by atoms with Gasteiger partial charge in [-0.2, -0.15) is 26.9 Å². The van der Waals surface area contributed by atoms with Crippen molar-refractivity contribution in [3.63, 3.8) is 0 Å². The molecule has 1 aliphatic heterocycles. The molecule has 176 valence electrons. The molecular formula is C20H24F3N3O4S2. The number of nitrogens with zero attached hydrogens (tertiary/aromatic N) is 3. The lowest BCUT2D eigenvalue weighted by Crippen LogP contribution is -2.44. The number of benzene rings is 1.